The van der Waals surface area contributed by atoms with Crippen LogP contribution in [0.4, 0.5) is 0 Å². The van der Waals surface area contributed by atoms with Crippen molar-refractivity contribution in [1.82, 2.24) is 24.5 Å². The number of nitrogens with one attached hydrogen (secondary N) is 1. The third-order valence-electron chi connectivity index (χ3n) is 4.23. The van der Waals surface area contributed by atoms with Gasteiger partial charge < -0.3 is 5.32 Å². The van der Waals surface area contributed by atoms with E-state index in [9.17, 15) is 4.79 Å². The van der Waals surface area contributed by atoms with Gasteiger partial charge in [-0.25, -0.2) is 13.9 Å². The average Bonchev–Trinajstić information content (AvgIpc) is 2.78. The third-order valence-corrected chi connectivity index (χ3v) is 4.23. The summed E-state index contributed by atoms with van der Waals surface area (Å²) < 4.78 is 3.04. The highest BCUT2D eigenvalue weighted by Gasteiger charge is 2.20. The van der Waals surface area contributed by atoms with Crippen LogP contribution in [-0.2, 0) is 6.54 Å². The molecule has 0 aromatic carbocycles. The molecule has 2 aromatic heterocycles. The number of hydrogen-bond donors (Lipinski definition) is 1. The Morgan fingerprint density at radius 3 is 3.05 bits per heavy atom. The smallest absolute Gasteiger partial charge is 0.312 e. The lowest BCUT2D eigenvalue weighted by molar-refractivity contribution is 0.277. The molecule has 108 valence electrons. The van der Waals surface area contributed by atoms with E-state index in [0.29, 0.717) is 18.2 Å². The molecule has 1 N–H and O–H groups in total. The first-order valence-corrected chi connectivity index (χ1v) is 7.38. The number of hydrogen-bond acceptors (Lipinski definition) is 4. The van der Waals surface area contributed by atoms with Crippen LogP contribution >= 0.6 is 0 Å². The van der Waals surface area contributed by atoms with Gasteiger partial charge in [0.15, 0.2) is 5.65 Å². The zero-order valence-corrected chi connectivity index (χ0v) is 11.8. The molecule has 6 nitrogen and oxygen atoms in total. The summed E-state index contributed by atoms with van der Waals surface area (Å²) in [5.41, 5.74) is 0.504. The summed E-state index contributed by atoms with van der Waals surface area (Å²) in [4.78, 5) is 16.1. The van der Waals surface area contributed by atoms with Gasteiger partial charge in [0.25, 0.3) is 0 Å². The fraction of sp³-hybridized carbons (Fsp3) is 0.643. The molecule has 0 amide bonds. The number of aromatic nitrogens is 4. The Balaban J connectivity index is 1.62. The van der Waals surface area contributed by atoms with Gasteiger partial charge in [-0.2, -0.15) is 0 Å². The molecule has 2 atom stereocenters. The second kappa shape index (κ2) is 5.75. The fourth-order valence-corrected chi connectivity index (χ4v) is 3.00. The maximum Gasteiger partial charge on any atom is 0.350 e. The van der Waals surface area contributed by atoms with E-state index in [2.05, 4.69) is 22.3 Å². The minimum atomic E-state index is -0.0964. The highest BCUT2D eigenvalue weighted by Crippen LogP contribution is 2.23. The Morgan fingerprint density at radius 1 is 1.40 bits per heavy atom. The van der Waals surface area contributed by atoms with Crippen molar-refractivity contribution in [1.29, 1.82) is 0 Å². The van der Waals surface area contributed by atoms with Crippen LogP contribution in [0, 0.1) is 5.92 Å². The number of rotatable bonds is 4. The van der Waals surface area contributed by atoms with Gasteiger partial charge in [-0.05, 0) is 18.8 Å². The monoisotopic (exact) mass is 275 g/mol. The van der Waals surface area contributed by atoms with Crippen LogP contribution in [0.2, 0.25) is 0 Å². The molecule has 0 spiro atoms. The molecule has 2 heterocycles. The van der Waals surface area contributed by atoms with Crippen molar-refractivity contribution < 1.29 is 0 Å². The molecule has 1 aliphatic carbocycles. The van der Waals surface area contributed by atoms with Crippen molar-refractivity contribution in [2.24, 2.45) is 5.92 Å². The third kappa shape index (κ3) is 2.60. The standard InChI is InChI=1S/C14H21N5O/c1-11-4-2-3-5-12(11)16-7-9-19-14(20)18-8-6-15-10-13(18)17-19/h6,8,10-12,16H,2-5,7,9H2,1H3. The second-order valence-corrected chi connectivity index (χ2v) is 5.63. The zero-order chi connectivity index (χ0) is 13.9. The molecule has 0 aliphatic heterocycles. The highest BCUT2D eigenvalue weighted by molar-refractivity contribution is 5.31. The molecule has 1 saturated carbocycles. The van der Waals surface area contributed by atoms with E-state index in [4.69, 9.17) is 0 Å². The molecular formula is C14H21N5O. The van der Waals surface area contributed by atoms with Gasteiger partial charge in [0.05, 0.1) is 12.7 Å². The largest absolute Gasteiger partial charge is 0.350 e. The first kappa shape index (κ1) is 13.3. The van der Waals surface area contributed by atoms with Crippen molar-refractivity contribution in [3.63, 3.8) is 0 Å². The van der Waals surface area contributed by atoms with Crippen molar-refractivity contribution in [3.8, 4) is 0 Å². The summed E-state index contributed by atoms with van der Waals surface area (Å²) >= 11 is 0. The Kier molecular flexibility index (Phi) is 3.82. The summed E-state index contributed by atoms with van der Waals surface area (Å²) in [6, 6.07) is 0.582. The summed E-state index contributed by atoms with van der Waals surface area (Å²) in [5, 5.41) is 7.85. The molecule has 3 rings (SSSR count). The molecule has 0 saturated heterocycles. The first-order chi connectivity index (χ1) is 9.75. The first-order valence-electron chi connectivity index (χ1n) is 7.38. The zero-order valence-electron chi connectivity index (χ0n) is 11.8. The summed E-state index contributed by atoms with van der Waals surface area (Å²) in [6.07, 6.45) is 10.1. The molecule has 2 aromatic rings. The molecule has 1 aliphatic rings. The summed E-state index contributed by atoms with van der Waals surface area (Å²) in [6.45, 7) is 3.69. The number of nitrogens with zero attached hydrogens (tertiary/aromatic N) is 4. The molecule has 2 unspecified atom stereocenters. The molecule has 6 heteroatoms. The van der Waals surface area contributed by atoms with Crippen LogP contribution in [0.25, 0.3) is 5.65 Å². The lowest BCUT2D eigenvalue weighted by Crippen LogP contribution is -2.39. The normalized spacial score (nSPS) is 23.2. The van der Waals surface area contributed by atoms with Crippen LogP contribution in [-0.4, -0.2) is 31.8 Å². The van der Waals surface area contributed by atoms with Crippen molar-refractivity contribution >= 4 is 5.65 Å². The van der Waals surface area contributed by atoms with Crippen molar-refractivity contribution in [2.75, 3.05) is 6.54 Å². The second-order valence-electron chi connectivity index (χ2n) is 5.63. The fourth-order valence-electron chi connectivity index (χ4n) is 3.00. The van der Waals surface area contributed by atoms with Gasteiger partial charge in [-0.1, -0.05) is 19.8 Å². The van der Waals surface area contributed by atoms with Crippen LogP contribution in [0.1, 0.15) is 32.6 Å². The SMILES string of the molecule is CC1CCCCC1NCCn1nc2cnccn2c1=O. The molecule has 1 fully saturated rings. The minimum absolute atomic E-state index is 0.0964. The summed E-state index contributed by atoms with van der Waals surface area (Å²) in [7, 11) is 0. The lowest BCUT2D eigenvalue weighted by Gasteiger charge is -2.29. The minimum Gasteiger partial charge on any atom is -0.312 e. The van der Waals surface area contributed by atoms with Crippen LogP contribution in [0.3, 0.4) is 0 Å². The van der Waals surface area contributed by atoms with Crippen molar-refractivity contribution in [3.05, 3.63) is 29.1 Å². The van der Waals surface area contributed by atoms with E-state index >= 15 is 0 Å². The lowest BCUT2D eigenvalue weighted by atomic mass is 9.86. The van der Waals surface area contributed by atoms with E-state index in [1.54, 1.807) is 18.6 Å². The van der Waals surface area contributed by atoms with E-state index in [-0.39, 0.29) is 5.69 Å². The van der Waals surface area contributed by atoms with E-state index in [0.717, 1.165) is 12.5 Å². The Morgan fingerprint density at radius 2 is 2.25 bits per heavy atom. The van der Waals surface area contributed by atoms with Crippen LogP contribution in [0.5, 0.6) is 0 Å². The molecule has 20 heavy (non-hydrogen) atoms. The average molecular weight is 275 g/mol. The van der Waals surface area contributed by atoms with E-state index in [1.165, 1.54) is 34.8 Å². The van der Waals surface area contributed by atoms with Crippen molar-refractivity contribution in [2.45, 2.75) is 45.2 Å². The molecule has 0 radical (unpaired) electrons. The predicted octanol–water partition coefficient (Wildman–Crippen LogP) is 1.06. The Hall–Kier alpha value is -1.69. The van der Waals surface area contributed by atoms with Gasteiger partial charge in [0.1, 0.15) is 0 Å². The number of fused-ring (bicyclic) bond motifs is 1. The maximum absolute atomic E-state index is 12.1. The Bertz CT molecular complexity index is 632. The van der Waals surface area contributed by atoms with E-state index < -0.39 is 0 Å². The van der Waals surface area contributed by atoms with Crippen LogP contribution in [0.15, 0.2) is 23.4 Å². The molecule has 0 bridgehead atoms. The predicted molar refractivity (Wildman–Crippen MR) is 76.7 cm³/mol. The quantitative estimate of drug-likeness (QED) is 0.906. The van der Waals surface area contributed by atoms with E-state index in [1.807, 2.05) is 0 Å². The van der Waals surface area contributed by atoms with Gasteiger partial charge in [-0.3, -0.25) is 4.98 Å². The van der Waals surface area contributed by atoms with Gasteiger partial charge in [-0.15, -0.1) is 5.10 Å². The van der Waals surface area contributed by atoms with Gasteiger partial charge in [0, 0.05) is 25.0 Å². The van der Waals surface area contributed by atoms with Gasteiger partial charge in [0.2, 0.25) is 0 Å². The Labute approximate surface area is 117 Å². The van der Waals surface area contributed by atoms with Crippen LogP contribution < -0.4 is 11.0 Å². The van der Waals surface area contributed by atoms with Gasteiger partial charge >= 0.3 is 5.69 Å². The topological polar surface area (TPSA) is 64.2 Å². The highest BCUT2D eigenvalue weighted by atomic mass is 16.2. The molecular weight excluding hydrogens is 254 g/mol. The maximum atomic E-state index is 12.1. The summed E-state index contributed by atoms with van der Waals surface area (Å²) in [5.74, 6) is 0.728.